The zero-order valence-electron chi connectivity index (χ0n) is 9.60. The molecular weight excluding hydrogens is 226 g/mol. The molecule has 5 nitrogen and oxygen atoms in total. The van der Waals surface area contributed by atoms with Crippen molar-refractivity contribution in [3.8, 4) is 0 Å². The Hall–Kier alpha value is -0.590. The zero-order chi connectivity index (χ0) is 11.6. The molecule has 16 heavy (non-hydrogen) atoms. The molecule has 2 N–H and O–H groups in total. The van der Waals surface area contributed by atoms with Gasteiger partial charge < -0.3 is 15.0 Å². The van der Waals surface area contributed by atoms with Crippen LogP contribution in [0.4, 0.5) is 0 Å². The fourth-order valence-electron chi connectivity index (χ4n) is 1.65. The van der Waals surface area contributed by atoms with Crippen molar-refractivity contribution in [2.45, 2.75) is 31.1 Å². The Labute approximate surface area is 99.1 Å². The first-order valence-electron chi connectivity index (χ1n) is 5.41. The second kappa shape index (κ2) is 4.73. The summed E-state index contributed by atoms with van der Waals surface area (Å²) in [4.78, 5) is 4.39. The van der Waals surface area contributed by atoms with Gasteiger partial charge in [0.15, 0.2) is 5.82 Å². The molecule has 1 aliphatic rings. The van der Waals surface area contributed by atoms with Gasteiger partial charge in [0.2, 0.25) is 5.89 Å². The van der Waals surface area contributed by atoms with Crippen molar-refractivity contribution >= 4 is 11.8 Å². The Kier molecular flexibility index (Phi) is 3.51. The van der Waals surface area contributed by atoms with Crippen molar-refractivity contribution in [2.24, 2.45) is 5.73 Å². The van der Waals surface area contributed by atoms with Crippen molar-refractivity contribution in [1.82, 2.24) is 10.1 Å². The van der Waals surface area contributed by atoms with Crippen molar-refractivity contribution in [3.63, 3.8) is 0 Å². The fraction of sp³-hybridized carbons (Fsp3) is 0.800. The summed E-state index contributed by atoms with van der Waals surface area (Å²) in [5, 5.41) is 3.96. The highest BCUT2D eigenvalue weighted by Crippen LogP contribution is 2.30. The predicted molar refractivity (Wildman–Crippen MR) is 62.3 cm³/mol. The van der Waals surface area contributed by atoms with Gasteiger partial charge in [-0.2, -0.15) is 16.7 Å². The van der Waals surface area contributed by atoms with Crippen molar-refractivity contribution in [3.05, 3.63) is 11.7 Å². The summed E-state index contributed by atoms with van der Waals surface area (Å²) < 4.78 is 10.6. The highest BCUT2D eigenvalue weighted by atomic mass is 32.2. The molecule has 1 aliphatic heterocycles. The molecular formula is C10H17N3O2S. The topological polar surface area (TPSA) is 74.2 Å². The van der Waals surface area contributed by atoms with Crippen LogP contribution < -0.4 is 5.73 Å². The Morgan fingerprint density at radius 1 is 1.62 bits per heavy atom. The summed E-state index contributed by atoms with van der Waals surface area (Å²) in [6.07, 6.45) is 0. The van der Waals surface area contributed by atoms with Gasteiger partial charge in [-0.15, -0.1) is 0 Å². The van der Waals surface area contributed by atoms with E-state index >= 15 is 0 Å². The number of nitrogens with two attached hydrogens (primary N) is 1. The maximum absolute atomic E-state index is 6.00. The number of ether oxygens (including phenoxy) is 1. The van der Waals surface area contributed by atoms with Crippen LogP contribution in [0.15, 0.2) is 4.52 Å². The summed E-state index contributed by atoms with van der Waals surface area (Å²) in [5.74, 6) is 3.17. The van der Waals surface area contributed by atoms with Crippen LogP contribution in [0.1, 0.15) is 25.6 Å². The third-order valence-corrected chi connectivity index (χ3v) is 3.78. The molecule has 0 amide bonds. The quantitative estimate of drug-likeness (QED) is 0.848. The van der Waals surface area contributed by atoms with E-state index < -0.39 is 0 Å². The van der Waals surface area contributed by atoms with Crippen LogP contribution in [0.5, 0.6) is 0 Å². The second-order valence-electron chi connectivity index (χ2n) is 4.19. The SMILES string of the molecule is CCSCc1noc(C2(C)COCC2N)n1. The van der Waals surface area contributed by atoms with Crippen LogP contribution in [0.25, 0.3) is 0 Å². The molecule has 2 atom stereocenters. The van der Waals surface area contributed by atoms with E-state index in [0.717, 1.165) is 17.3 Å². The minimum Gasteiger partial charge on any atom is -0.379 e. The summed E-state index contributed by atoms with van der Waals surface area (Å²) in [6.45, 7) is 5.22. The molecule has 90 valence electrons. The van der Waals surface area contributed by atoms with Crippen LogP contribution in [0, 0.1) is 0 Å². The van der Waals surface area contributed by atoms with Gasteiger partial charge in [0.25, 0.3) is 0 Å². The lowest BCUT2D eigenvalue weighted by Gasteiger charge is -2.21. The normalized spacial score (nSPS) is 29.8. The van der Waals surface area contributed by atoms with Crippen LogP contribution in [-0.2, 0) is 15.9 Å². The van der Waals surface area contributed by atoms with Gasteiger partial charge in [0.05, 0.1) is 24.4 Å². The monoisotopic (exact) mass is 243 g/mol. The van der Waals surface area contributed by atoms with Crippen LogP contribution in [-0.4, -0.2) is 35.1 Å². The average molecular weight is 243 g/mol. The van der Waals surface area contributed by atoms with Gasteiger partial charge in [-0.3, -0.25) is 0 Å². The third-order valence-electron chi connectivity index (χ3n) is 2.91. The summed E-state index contributed by atoms with van der Waals surface area (Å²) in [5.41, 5.74) is 5.67. The third kappa shape index (κ3) is 2.09. The maximum Gasteiger partial charge on any atom is 0.236 e. The lowest BCUT2D eigenvalue weighted by Crippen LogP contribution is -2.42. The second-order valence-corrected chi connectivity index (χ2v) is 5.47. The molecule has 1 saturated heterocycles. The number of nitrogens with zero attached hydrogens (tertiary/aromatic N) is 2. The van der Waals surface area contributed by atoms with E-state index in [2.05, 4.69) is 17.1 Å². The summed E-state index contributed by atoms with van der Waals surface area (Å²) in [7, 11) is 0. The summed E-state index contributed by atoms with van der Waals surface area (Å²) >= 11 is 1.77. The Morgan fingerprint density at radius 3 is 3.06 bits per heavy atom. The highest BCUT2D eigenvalue weighted by molar-refractivity contribution is 7.98. The molecule has 2 heterocycles. The number of hydrogen-bond donors (Lipinski definition) is 1. The molecule has 0 aromatic carbocycles. The molecule has 6 heteroatoms. The van der Waals surface area contributed by atoms with Crippen LogP contribution in [0.3, 0.4) is 0 Å². The largest absolute Gasteiger partial charge is 0.379 e. The van der Waals surface area contributed by atoms with E-state index in [9.17, 15) is 0 Å². The van der Waals surface area contributed by atoms with Gasteiger partial charge >= 0.3 is 0 Å². The first-order chi connectivity index (χ1) is 7.66. The molecule has 2 rings (SSSR count). The van der Waals surface area contributed by atoms with Crippen LogP contribution in [0.2, 0.25) is 0 Å². The van der Waals surface area contributed by atoms with E-state index in [1.807, 2.05) is 6.92 Å². The zero-order valence-corrected chi connectivity index (χ0v) is 10.4. The van der Waals surface area contributed by atoms with Crippen molar-refractivity contribution < 1.29 is 9.26 Å². The molecule has 1 aromatic rings. The minimum absolute atomic E-state index is 0.0698. The smallest absolute Gasteiger partial charge is 0.236 e. The van der Waals surface area contributed by atoms with E-state index in [0.29, 0.717) is 19.1 Å². The van der Waals surface area contributed by atoms with Gasteiger partial charge in [-0.25, -0.2) is 0 Å². The molecule has 0 spiro atoms. The molecule has 2 unspecified atom stereocenters. The molecule has 0 radical (unpaired) electrons. The Bertz CT molecular complexity index is 358. The van der Waals surface area contributed by atoms with Gasteiger partial charge in [-0.1, -0.05) is 12.1 Å². The molecule has 1 aromatic heterocycles. The molecule has 0 bridgehead atoms. The Balaban J connectivity index is 2.11. The number of aromatic nitrogens is 2. The standard InChI is InChI=1S/C10H17N3O2S/c1-3-16-5-8-12-9(15-13-8)10(2)6-14-4-7(10)11/h7H,3-6,11H2,1-2H3. The van der Waals surface area contributed by atoms with Gasteiger partial charge in [-0.05, 0) is 12.7 Å². The number of thioether (sulfide) groups is 1. The van der Waals surface area contributed by atoms with Crippen molar-refractivity contribution in [1.29, 1.82) is 0 Å². The van der Waals surface area contributed by atoms with E-state index in [1.165, 1.54) is 0 Å². The van der Waals surface area contributed by atoms with Gasteiger partial charge in [0.1, 0.15) is 0 Å². The predicted octanol–water partition coefficient (Wildman–Crippen LogP) is 0.938. The average Bonchev–Trinajstić information content (AvgIpc) is 2.85. The van der Waals surface area contributed by atoms with Crippen molar-refractivity contribution in [2.75, 3.05) is 19.0 Å². The minimum atomic E-state index is -0.331. The van der Waals surface area contributed by atoms with E-state index in [4.69, 9.17) is 15.0 Å². The van der Waals surface area contributed by atoms with Gasteiger partial charge in [0, 0.05) is 6.04 Å². The maximum atomic E-state index is 6.00. The number of rotatable bonds is 4. The van der Waals surface area contributed by atoms with E-state index in [1.54, 1.807) is 11.8 Å². The lowest BCUT2D eigenvalue weighted by atomic mass is 9.86. The van der Waals surface area contributed by atoms with Crippen LogP contribution >= 0.6 is 11.8 Å². The fourth-order valence-corrected chi connectivity index (χ4v) is 2.15. The Morgan fingerprint density at radius 2 is 2.44 bits per heavy atom. The first kappa shape index (κ1) is 11.9. The number of hydrogen-bond acceptors (Lipinski definition) is 6. The first-order valence-corrected chi connectivity index (χ1v) is 6.56. The highest BCUT2D eigenvalue weighted by Gasteiger charge is 2.44. The van der Waals surface area contributed by atoms with E-state index in [-0.39, 0.29) is 11.5 Å². The summed E-state index contributed by atoms with van der Waals surface area (Å²) in [6, 6.07) is -0.0698. The lowest BCUT2D eigenvalue weighted by molar-refractivity contribution is 0.169. The molecule has 0 aliphatic carbocycles. The molecule has 0 saturated carbocycles. The molecule has 1 fully saturated rings.